The van der Waals surface area contributed by atoms with Crippen molar-refractivity contribution in [2.75, 3.05) is 0 Å². The van der Waals surface area contributed by atoms with Gasteiger partial charge in [-0.1, -0.05) is 11.3 Å². The lowest BCUT2D eigenvalue weighted by Gasteiger charge is -1.93. The van der Waals surface area contributed by atoms with Crippen LogP contribution in [0.5, 0.6) is 0 Å². The van der Waals surface area contributed by atoms with Crippen LogP contribution in [0.15, 0.2) is 16.4 Å². The average molecular weight is 196 g/mol. The predicted molar refractivity (Wildman–Crippen MR) is 48.8 cm³/mol. The van der Waals surface area contributed by atoms with Crippen molar-refractivity contribution in [3.63, 3.8) is 0 Å². The van der Waals surface area contributed by atoms with Crippen molar-refractivity contribution in [2.24, 2.45) is 0 Å². The minimum absolute atomic E-state index is 0.0162. The van der Waals surface area contributed by atoms with Crippen molar-refractivity contribution < 1.29 is 0 Å². The van der Waals surface area contributed by atoms with E-state index in [9.17, 15) is 4.79 Å². The Balaban J connectivity index is 2.24. The van der Waals surface area contributed by atoms with Crippen LogP contribution in [0, 0.1) is 6.92 Å². The molecule has 2 aromatic rings. The van der Waals surface area contributed by atoms with Crippen LogP contribution < -0.4 is 4.87 Å². The van der Waals surface area contributed by atoms with Crippen molar-refractivity contribution in [3.05, 3.63) is 32.9 Å². The Bertz CT molecular complexity index is 455. The van der Waals surface area contributed by atoms with E-state index in [0.717, 1.165) is 5.82 Å². The van der Waals surface area contributed by atoms with E-state index >= 15 is 0 Å². The number of nitrogens with zero attached hydrogens (tertiary/aromatic N) is 3. The highest BCUT2D eigenvalue weighted by Crippen LogP contribution is 1.95. The second-order valence-electron chi connectivity index (χ2n) is 2.63. The molecule has 2 aromatic heterocycles. The summed E-state index contributed by atoms with van der Waals surface area (Å²) >= 11 is 1.17. The molecule has 0 aliphatic heterocycles. The molecule has 0 radical (unpaired) electrons. The van der Waals surface area contributed by atoms with Crippen molar-refractivity contribution in [2.45, 2.75) is 13.5 Å². The molecule has 2 heterocycles. The molecule has 6 heteroatoms. The largest absolute Gasteiger partial charge is 0.307 e. The highest BCUT2D eigenvalue weighted by atomic mass is 32.1. The lowest BCUT2D eigenvalue weighted by molar-refractivity contribution is 0.736. The van der Waals surface area contributed by atoms with Gasteiger partial charge in [-0.15, -0.1) is 0 Å². The van der Waals surface area contributed by atoms with Gasteiger partial charge in [0, 0.05) is 11.6 Å². The van der Waals surface area contributed by atoms with Gasteiger partial charge in [0.15, 0.2) is 5.82 Å². The first kappa shape index (κ1) is 8.18. The quantitative estimate of drug-likeness (QED) is 0.755. The van der Waals surface area contributed by atoms with Crippen molar-refractivity contribution >= 4 is 11.3 Å². The third-order valence-electron chi connectivity index (χ3n) is 1.60. The van der Waals surface area contributed by atoms with Crippen LogP contribution in [0.4, 0.5) is 0 Å². The van der Waals surface area contributed by atoms with E-state index < -0.39 is 0 Å². The zero-order valence-electron chi connectivity index (χ0n) is 7.02. The van der Waals surface area contributed by atoms with Crippen LogP contribution in [-0.2, 0) is 6.54 Å². The van der Waals surface area contributed by atoms with Gasteiger partial charge in [-0.25, -0.2) is 4.98 Å². The normalized spacial score (nSPS) is 10.5. The molecule has 13 heavy (non-hydrogen) atoms. The summed E-state index contributed by atoms with van der Waals surface area (Å²) in [7, 11) is 0. The molecule has 0 saturated carbocycles. The molecule has 1 N–H and O–H groups in total. The fraction of sp³-hybridized carbons (Fsp3) is 0.286. The Morgan fingerprint density at radius 1 is 1.69 bits per heavy atom. The SMILES string of the molecule is Cc1nc(Cn2ccsc2=O)n[nH]1. The molecule has 2 rings (SSSR count). The fourth-order valence-corrected chi connectivity index (χ4v) is 1.60. The van der Waals surface area contributed by atoms with E-state index in [0.29, 0.717) is 12.4 Å². The average Bonchev–Trinajstić information content (AvgIpc) is 2.64. The summed E-state index contributed by atoms with van der Waals surface area (Å²) < 4.78 is 1.58. The number of nitrogens with one attached hydrogen (secondary N) is 1. The number of rotatable bonds is 2. The predicted octanol–water partition coefficient (Wildman–Crippen LogP) is 0.385. The molecule has 0 atom stereocenters. The van der Waals surface area contributed by atoms with Gasteiger partial charge in [0.05, 0.1) is 6.54 Å². The fourth-order valence-electron chi connectivity index (χ4n) is 1.02. The minimum Gasteiger partial charge on any atom is -0.298 e. The molecule has 5 nitrogen and oxygen atoms in total. The minimum atomic E-state index is 0.0162. The molecule has 0 saturated heterocycles. The van der Waals surface area contributed by atoms with Gasteiger partial charge < -0.3 is 0 Å². The van der Waals surface area contributed by atoms with Gasteiger partial charge in [-0.3, -0.25) is 14.5 Å². The lowest BCUT2D eigenvalue weighted by Crippen LogP contribution is -2.13. The number of aromatic nitrogens is 4. The summed E-state index contributed by atoms with van der Waals surface area (Å²) in [5.41, 5.74) is 0. The second-order valence-corrected chi connectivity index (χ2v) is 3.49. The van der Waals surface area contributed by atoms with Crippen molar-refractivity contribution in [1.29, 1.82) is 0 Å². The summed E-state index contributed by atoms with van der Waals surface area (Å²) in [4.78, 5) is 15.3. The molecule has 0 bridgehead atoms. The van der Waals surface area contributed by atoms with Gasteiger partial charge in [-0.05, 0) is 6.92 Å². The Morgan fingerprint density at radius 2 is 2.54 bits per heavy atom. The van der Waals surface area contributed by atoms with E-state index in [2.05, 4.69) is 15.2 Å². The summed E-state index contributed by atoms with van der Waals surface area (Å²) in [5, 5.41) is 8.42. The molecule has 0 spiro atoms. The maximum atomic E-state index is 11.1. The molecule has 0 amide bonds. The number of aryl methyl sites for hydroxylation is 1. The van der Waals surface area contributed by atoms with E-state index in [1.165, 1.54) is 11.3 Å². The summed E-state index contributed by atoms with van der Waals surface area (Å²) in [6.45, 7) is 2.26. The van der Waals surface area contributed by atoms with Gasteiger partial charge in [-0.2, -0.15) is 5.10 Å². The van der Waals surface area contributed by atoms with E-state index in [1.54, 1.807) is 16.1 Å². The number of hydrogen-bond donors (Lipinski definition) is 1. The highest BCUT2D eigenvalue weighted by Gasteiger charge is 2.02. The monoisotopic (exact) mass is 196 g/mol. The first-order chi connectivity index (χ1) is 6.25. The molecule has 68 valence electrons. The van der Waals surface area contributed by atoms with E-state index in [4.69, 9.17) is 0 Å². The molecule has 0 aromatic carbocycles. The Kier molecular flexibility index (Phi) is 1.97. The van der Waals surface area contributed by atoms with Crippen molar-refractivity contribution in [3.8, 4) is 0 Å². The van der Waals surface area contributed by atoms with Crippen LogP contribution in [-0.4, -0.2) is 19.7 Å². The molecule has 0 aliphatic carbocycles. The van der Waals surface area contributed by atoms with E-state index in [-0.39, 0.29) is 4.87 Å². The van der Waals surface area contributed by atoms with E-state index in [1.807, 2.05) is 6.92 Å². The maximum Gasteiger partial charge on any atom is 0.307 e. The lowest BCUT2D eigenvalue weighted by atomic mass is 10.6. The van der Waals surface area contributed by atoms with Gasteiger partial charge in [0.1, 0.15) is 5.82 Å². The first-order valence-electron chi connectivity index (χ1n) is 3.77. The van der Waals surface area contributed by atoms with Crippen LogP contribution in [0.1, 0.15) is 11.6 Å². The Hall–Kier alpha value is -1.43. The molecule has 0 fully saturated rings. The third-order valence-corrected chi connectivity index (χ3v) is 2.29. The number of aromatic amines is 1. The summed E-state index contributed by atoms with van der Waals surface area (Å²) in [6, 6.07) is 0. The standard InChI is InChI=1S/C7H8N4OS/c1-5-8-6(10-9-5)4-11-2-3-13-7(11)12/h2-3H,4H2,1H3,(H,8,9,10). The maximum absolute atomic E-state index is 11.1. The summed E-state index contributed by atoms with van der Waals surface area (Å²) in [6.07, 6.45) is 1.73. The van der Waals surface area contributed by atoms with Crippen LogP contribution in [0.2, 0.25) is 0 Å². The van der Waals surface area contributed by atoms with Crippen molar-refractivity contribution in [1.82, 2.24) is 19.7 Å². The summed E-state index contributed by atoms with van der Waals surface area (Å²) in [5.74, 6) is 1.40. The third kappa shape index (κ3) is 1.67. The first-order valence-corrected chi connectivity index (χ1v) is 4.65. The number of hydrogen-bond acceptors (Lipinski definition) is 4. The smallest absolute Gasteiger partial charge is 0.298 e. The molecular weight excluding hydrogens is 188 g/mol. The topological polar surface area (TPSA) is 63.6 Å². The van der Waals surface area contributed by atoms with Gasteiger partial charge >= 0.3 is 4.87 Å². The number of thiazole rings is 1. The second kappa shape index (κ2) is 3.14. The van der Waals surface area contributed by atoms with Crippen LogP contribution >= 0.6 is 11.3 Å². The Morgan fingerprint density at radius 3 is 3.08 bits per heavy atom. The molecular formula is C7H8N4OS. The zero-order valence-corrected chi connectivity index (χ0v) is 7.84. The highest BCUT2D eigenvalue weighted by molar-refractivity contribution is 7.07. The van der Waals surface area contributed by atoms with Crippen LogP contribution in [0.3, 0.4) is 0 Å². The Labute approximate surface area is 78.1 Å². The van der Waals surface area contributed by atoms with Gasteiger partial charge in [0.25, 0.3) is 0 Å². The van der Waals surface area contributed by atoms with Gasteiger partial charge in [0.2, 0.25) is 0 Å². The zero-order chi connectivity index (χ0) is 9.26. The number of H-pyrrole nitrogens is 1. The van der Waals surface area contributed by atoms with Crippen LogP contribution in [0.25, 0.3) is 0 Å². The molecule has 0 unspecified atom stereocenters. The molecule has 0 aliphatic rings.